The smallest absolute Gasteiger partial charge is 0.0406 e. The van der Waals surface area contributed by atoms with E-state index in [-0.39, 0.29) is 0 Å². The van der Waals surface area contributed by atoms with Crippen molar-refractivity contribution in [2.24, 2.45) is 0 Å². The van der Waals surface area contributed by atoms with E-state index in [2.05, 4.69) is 17.4 Å². The number of hydrogen-bond acceptors (Lipinski definition) is 1. The third-order valence-electron chi connectivity index (χ3n) is 3.77. The molecule has 1 nitrogen and oxygen atoms in total. The van der Waals surface area contributed by atoms with Crippen LogP contribution in [0.4, 0.5) is 0 Å². The third kappa shape index (κ3) is 1.19. The zero-order valence-electron chi connectivity index (χ0n) is 8.09. The van der Waals surface area contributed by atoms with E-state index < -0.39 is 0 Å². The summed E-state index contributed by atoms with van der Waals surface area (Å²) in [4.78, 5) is 0. The van der Waals surface area contributed by atoms with Crippen LogP contribution in [-0.4, -0.2) is 12.6 Å². The number of rotatable bonds is 1. The van der Waals surface area contributed by atoms with Crippen LogP contribution in [0.5, 0.6) is 0 Å². The van der Waals surface area contributed by atoms with Crippen LogP contribution in [0.3, 0.4) is 0 Å². The number of halogens is 1. The van der Waals surface area contributed by atoms with Crippen LogP contribution in [0.15, 0.2) is 24.3 Å². The number of nitrogens with one attached hydrogen (secondary N) is 1. The lowest BCUT2D eigenvalue weighted by atomic mass is 9.57. The standard InChI is InChI=1S/C12H14ClN/c13-10-3-1-9(2-4-10)12-5-6-14-11(7-12)8-12/h1-4,11,14H,5-8H2. The minimum atomic E-state index is 0.487. The molecule has 2 aliphatic heterocycles. The highest BCUT2D eigenvalue weighted by Crippen LogP contribution is 2.49. The van der Waals surface area contributed by atoms with Gasteiger partial charge in [0.1, 0.15) is 0 Å². The molecule has 0 aromatic heterocycles. The molecule has 1 aliphatic carbocycles. The predicted octanol–water partition coefficient (Wildman–Crippen LogP) is 2.73. The molecule has 3 fully saturated rings. The Hall–Kier alpha value is -0.530. The molecule has 0 unspecified atom stereocenters. The average molecular weight is 208 g/mol. The molecule has 2 saturated heterocycles. The zero-order valence-corrected chi connectivity index (χ0v) is 8.85. The number of fused-ring (bicyclic) bond motifs is 2. The van der Waals surface area contributed by atoms with Crippen LogP contribution in [0.25, 0.3) is 0 Å². The second-order valence-corrected chi connectivity index (χ2v) is 5.03. The van der Waals surface area contributed by atoms with Crippen LogP contribution >= 0.6 is 11.6 Å². The maximum Gasteiger partial charge on any atom is 0.0406 e. The second-order valence-electron chi connectivity index (χ2n) is 4.60. The van der Waals surface area contributed by atoms with Gasteiger partial charge in [0.2, 0.25) is 0 Å². The van der Waals surface area contributed by atoms with Gasteiger partial charge in [-0.2, -0.15) is 0 Å². The lowest BCUT2D eigenvalue weighted by Crippen LogP contribution is -2.58. The zero-order chi connectivity index (χ0) is 9.60. The molecule has 1 aromatic rings. The molecule has 0 amide bonds. The molecule has 1 aromatic carbocycles. The fraction of sp³-hybridized carbons (Fsp3) is 0.500. The highest BCUT2D eigenvalue weighted by molar-refractivity contribution is 6.30. The number of benzene rings is 1. The fourth-order valence-electron chi connectivity index (χ4n) is 2.93. The largest absolute Gasteiger partial charge is 0.314 e. The van der Waals surface area contributed by atoms with Crippen molar-refractivity contribution in [1.29, 1.82) is 0 Å². The molecule has 2 heterocycles. The van der Waals surface area contributed by atoms with Gasteiger partial charge in [-0.1, -0.05) is 23.7 Å². The lowest BCUT2D eigenvalue weighted by molar-refractivity contribution is 0.111. The second kappa shape index (κ2) is 2.98. The maximum atomic E-state index is 5.90. The summed E-state index contributed by atoms with van der Waals surface area (Å²) in [6, 6.07) is 9.20. The molecule has 2 heteroatoms. The SMILES string of the molecule is Clc1ccc(C23CCNC(C2)C3)cc1. The van der Waals surface area contributed by atoms with Gasteiger partial charge < -0.3 is 5.32 Å². The van der Waals surface area contributed by atoms with Gasteiger partial charge in [-0.15, -0.1) is 0 Å². The first-order valence-corrected chi connectivity index (χ1v) is 5.66. The summed E-state index contributed by atoms with van der Waals surface area (Å²) in [5.41, 5.74) is 1.97. The van der Waals surface area contributed by atoms with E-state index in [1.165, 1.54) is 31.4 Å². The monoisotopic (exact) mass is 207 g/mol. The van der Waals surface area contributed by atoms with Crippen molar-refractivity contribution >= 4 is 11.6 Å². The van der Waals surface area contributed by atoms with E-state index >= 15 is 0 Å². The van der Waals surface area contributed by atoms with E-state index in [1.807, 2.05) is 12.1 Å². The Bertz CT molecular complexity index is 332. The Balaban J connectivity index is 1.91. The summed E-state index contributed by atoms with van der Waals surface area (Å²) >= 11 is 5.90. The van der Waals surface area contributed by atoms with E-state index in [0.717, 1.165) is 11.1 Å². The Labute approximate surface area is 89.5 Å². The minimum absolute atomic E-state index is 0.487. The minimum Gasteiger partial charge on any atom is -0.314 e. The average Bonchev–Trinajstić information content (AvgIpc) is 2.18. The summed E-state index contributed by atoms with van der Waals surface area (Å²) in [5, 5.41) is 4.37. The van der Waals surface area contributed by atoms with Crippen molar-refractivity contribution in [3.63, 3.8) is 0 Å². The molecule has 0 atom stereocenters. The van der Waals surface area contributed by atoms with Crippen molar-refractivity contribution in [2.45, 2.75) is 30.7 Å². The Morgan fingerprint density at radius 1 is 1.21 bits per heavy atom. The van der Waals surface area contributed by atoms with Gasteiger partial charge in [0.25, 0.3) is 0 Å². The van der Waals surface area contributed by atoms with Crippen LogP contribution < -0.4 is 5.32 Å². The Morgan fingerprint density at radius 2 is 1.93 bits per heavy atom. The highest BCUT2D eigenvalue weighted by atomic mass is 35.5. The lowest BCUT2D eigenvalue weighted by Gasteiger charge is -2.53. The van der Waals surface area contributed by atoms with E-state index in [1.54, 1.807) is 0 Å². The fourth-order valence-corrected chi connectivity index (χ4v) is 3.06. The normalized spacial score (nSPS) is 35.1. The Kier molecular flexibility index (Phi) is 1.86. The molecule has 4 rings (SSSR count). The summed E-state index contributed by atoms with van der Waals surface area (Å²) in [7, 11) is 0. The first-order chi connectivity index (χ1) is 6.78. The Morgan fingerprint density at radius 3 is 2.50 bits per heavy atom. The first kappa shape index (κ1) is 8.75. The molecule has 2 bridgehead atoms. The molecule has 0 spiro atoms. The quantitative estimate of drug-likeness (QED) is 0.747. The van der Waals surface area contributed by atoms with Crippen molar-refractivity contribution in [2.75, 3.05) is 6.54 Å². The van der Waals surface area contributed by atoms with Crippen LogP contribution in [0.1, 0.15) is 24.8 Å². The third-order valence-corrected chi connectivity index (χ3v) is 4.02. The molecule has 3 aliphatic rings. The van der Waals surface area contributed by atoms with Crippen LogP contribution in [-0.2, 0) is 5.41 Å². The van der Waals surface area contributed by atoms with Crippen LogP contribution in [0.2, 0.25) is 5.02 Å². The van der Waals surface area contributed by atoms with Crippen molar-refractivity contribution in [3.8, 4) is 0 Å². The van der Waals surface area contributed by atoms with Gasteiger partial charge in [-0.05, 0) is 48.9 Å². The van der Waals surface area contributed by atoms with E-state index in [0.29, 0.717) is 5.41 Å². The molecule has 0 radical (unpaired) electrons. The van der Waals surface area contributed by atoms with Gasteiger partial charge in [-0.3, -0.25) is 0 Å². The molecular formula is C12H14ClN. The summed E-state index contributed by atoms with van der Waals surface area (Å²) in [5.74, 6) is 0. The van der Waals surface area contributed by atoms with Crippen molar-refractivity contribution < 1.29 is 0 Å². The summed E-state index contributed by atoms with van der Waals surface area (Å²) in [6.07, 6.45) is 3.91. The van der Waals surface area contributed by atoms with Crippen molar-refractivity contribution in [1.82, 2.24) is 5.32 Å². The van der Waals surface area contributed by atoms with Gasteiger partial charge in [-0.25, -0.2) is 0 Å². The number of piperidine rings is 2. The molecule has 1 saturated carbocycles. The molecular weight excluding hydrogens is 194 g/mol. The van der Waals surface area contributed by atoms with E-state index in [4.69, 9.17) is 11.6 Å². The maximum absolute atomic E-state index is 5.90. The van der Waals surface area contributed by atoms with E-state index in [9.17, 15) is 0 Å². The predicted molar refractivity (Wildman–Crippen MR) is 58.8 cm³/mol. The summed E-state index contributed by atoms with van der Waals surface area (Å²) < 4.78 is 0. The van der Waals surface area contributed by atoms with Gasteiger partial charge in [0, 0.05) is 11.1 Å². The number of hydrogen-bond donors (Lipinski definition) is 1. The molecule has 14 heavy (non-hydrogen) atoms. The highest BCUT2D eigenvalue weighted by Gasteiger charge is 2.47. The van der Waals surface area contributed by atoms with Gasteiger partial charge in [0.05, 0.1) is 0 Å². The first-order valence-electron chi connectivity index (χ1n) is 5.28. The van der Waals surface area contributed by atoms with Gasteiger partial charge >= 0.3 is 0 Å². The summed E-state index contributed by atoms with van der Waals surface area (Å²) in [6.45, 7) is 1.17. The van der Waals surface area contributed by atoms with Gasteiger partial charge in [0.15, 0.2) is 0 Å². The molecule has 1 N–H and O–H groups in total. The van der Waals surface area contributed by atoms with Crippen molar-refractivity contribution in [3.05, 3.63) is 34.9 Å². The topological polar surface area (TPSA) is 12.0 Å². The van der Waals surface area contributed by atoms with Crippen LogP contribution in [0, 0.1) is 0 Å². The molecule has 74 valence electrons.